The number of likely N-dealkylation sites (N-methyl/N-ethyl adjacent to an activating group) is 1. The molecule has 1 aliphatic rings. The van der Waals surface area contributed by atoms with Gasteiger partial charge in [-0.1, -0.05) is 12.1 Å². The van der Waals surface area contributed by atoms with E-state index in [1.807, 2.05) is 36.4 Å². The number of nitrogens with zero attached hydrogens (tertiary/aromatic N) is 6. The largest absolute Gasteiger partial charge is 0.349 e. The van der Waals surface area contributed by atoms with Crippen LogP contribution in [0.5, 0.6) is 0 Å². The lowest BCUT2D eigenvalue weighted by atomic mass is 10.1. The zero-order chi connectivity index (χ0) is 17.9. The Morgan fingerprint density at radius 3 is 2.42 bits per heavy atom. The van der Waals surface area contributed by atoms with Crippen molar-refractivity contribution in [1.82, 2.24) is 24.6 Å². The first-order valence-corrected chi connectivity index (χ1v) is 8.62. The minimum atomic E-state index is -0.0932. The van der Waals surface area contributed by atoms with E-state index in [-0.39, 0.29) is 5.56 Å². The van der Waals surface area contributed by atoms with Gasteiger partial charge in [-0.25, -0.2) is 4.98 Å². The maximum absolute atomic E-state index is 12.9. The van der Waals surface area contributed by atoms with E-state index < -0.39 is 0 Å². The number of hydrogen-bond donors (Lipinski definition) is 0. The van der Waals surface area contributed by atoms with E-state index in [0.717, 1.165) is 43.1 Å². The Bertz CT molecular complexity index is 930. The Labute approximate surface area is 151 Å². The van der Waals surface area contributed by atoms with Gasteiger partial charge in [-0.15, -0.1) is 0 Å². The van der Waals surface area contributed by atoms with Crippen LogP contribution >= 0.6 is 0 Å². The molecule has 26 heavy (non-hydrogen) atoms. The van der Waals surface area contributed by atoms with Crippen LogP contribution in [0.2, 0.25) is 0 Å². The van der Waals surface area contributed by atoms with Crippen molar-refractivity contribution in [3.8, 4) is 16.9 Å². The van der Waals surface area contributed by atoms with Crippen molar-refractivity contribution in [2.24, 2.45) is 0 Å². The molecule has 0 radical (unpaired) electrons. The van der Waals surface area contributed by atoms with Crippen LogP contribution in [0.1, 0.15) is 0 Å². The summed E-state index contributed by atoms with van der Waals surface area (Å²) in [4.78, 5) is 21.6. The minimum Gasteiger partial charge on any atom is -0.349 e. The number of piperazine rings is 1. The van der Waals surface area contributed by atoms with Crippen molar-refractivity contribution in [2.75, 3.05) is 38.1 Å². The first-order valence-electron chi connectivity index (χ1n) is 8.62. The zero-order valence-electron chi connectivity index (χ0n) is 14.6. The molecule has 3 aromatic rings. The van der Waals surface area contributed by atoms with E-state index in [1.54, 1.807) is 23.2 Å². The van der Waals surface area contributed by atoms with E-state index in [1.165, 1.54) is 0 Å². The Kier molecular flexibility index (Phi) is 4.45. The molecule has 7 nitrogen and oxygen atoms in total. The van der Waals surface area contributed by atoms with Gasteiger partial charge in [0.1, 0.15) is 0 Å². The molecule has 0 N–H and O–H groups in total. The van der Waals surface area contributed by atoms with Gasteiger partial charge < -0.3 is 9.80 Å². The van der Waals surface area contributed by atoms with E-state index in [0.29, 0.717) is 5.82 Å². The number of benzene rings is 1. The van der Waals surface area contributed by atoms with Gasteiger partial charge in [-0.05, 0) is 31.3 Å². The van der Waals surface area contributed by atoms with Gasteiger partial charge in [-0.2, -0.15) is 10.2 Å². The van der Waals surface area contributed by atoms with Crippen molar-refractivity contribution in [1.29, 1.82) is 0 Å². The fraction of sp³-hybridized carbons (Fsp3) is 0.263. The van der Waals surface area contributed by atoms with Crippen LogP contribution in [-0.4, -0.2) is 57.9 Å². The first-order chi connectivity index (χ1) is 12.7. The molecule has 0 spiro atoms. The van der Waals surface area contributed by atoms with Crippen molar-refractivity contribution >= 4 is 5.82 Å². The zero-order valence-corrected chi connectivity index (χ0v) is 14.6. The lowest BCUT2D eigenvalue weighted by Crippen LogP contribution is -2.47. The molecule has 1 aromatic carbocycles. The molecular weight excluding hydrogens is 328 g/mol. The summed E-state index contributed by atoms with van der Waals surface area (Å²) in [6.07, 6.45) is 5.04. The Morgan fingerprint density at radius 2 is 1.73 bits per heavy atom. The average Bonchev–Trinajstić information content (AvgIpc) is 2.70. The summed E-state index contributed by atoms with van der Waals surface area (Å²) in [6.45, 7) is 3.49. The molecule has 132 valence electrons. The molecule has 0 aliphatic carbocycles. The molecule has 0 amide bonds. The van der Waals surface area contributed by atoms with Crippen LogP contribution in [0.25, 0.3) is 16.9 Å². The molecule has 4 rings (SSSR count). The number of hydrogen-bond acceptors (Lipinski definition) is 6. The van der Waals surface area contributed by atoms with Gasteiger partial charge in [0.15, 0.2) is 5.82 Å². The molecule has 0 unspecified atom stereocenters. The third-order valence-corrected chi connectivity index (χ3v) is 4.64. The molecule has 1 aliphatic heterocycles. The highest BCUT2D eigenvalue weighted by Gasteiger charge is 2.19. The molecule has 1 saturated heterocycles. The summed E-state index contributed by atoms with van der Waals surface area (Å²) in [7, 11) is 2.09. The second-order valence-electron chi connectivity index (χ2n) is 6.37. The van der Waals surface area contributed by atoms with Gasteiger partial charge in [0.05, 0.1) is 5.69 Å². The third kappa shape index (κ3) is 3.21. The van der Waals surface area contributed by atoms with Crippen LogP contribution < -0.4 is 10.5 Å². The van der Waals surface area contributed by atoms with Crippen LogP contribution in [0.4, 0.5) is 5.82 Å². The van der Waals surface area contributed by atoms with Crippen LogP contribution in [0, 0.1) is 0 Å². The van der Waals surface area contributed by atoms with Gasteiger partial charge in [0, 0.05) is 56.0 Å². The second kappa shape index (κ2) is 7.05. The monoisotopic (exact) mass is 348 g/mol. The summed E-state index contributed by atoms with van der Waals surface area (Å²) in [6, 6.07) is 11.5. The molecule has 3 heterocycles. The van der Waals surface area contributed by atoms with E-state index in [4.69, 9.17) is 0 Å². The predicted octanol–water partition coefficient (Wildman–Crippen LogP) is 1.44. The smallest absolute Gasteiger partial charge is 0.298 e. The molecule has 0 saturated carbocycles. The van der Waals surface area contributed by atoms with Crippen molar-refractivity contribution in [2.45, 2.75) is 0 Å². The molecule has 2 aromatic heterocycles. The molecule has 7 heteroatoms. The number of anilines is 1. The maximum Gasteiger partial charge on any atom is 0.298 e. The summed E-state index contributed by atoms with van der Waals surface area (Å²) in [5, 5.41) is 8.01. The number of aromatic nitrogens is 4. The second-order valence-corrected chi connectivity index (χ2v) is 6.37. The molecule has 1 fully saturated rings. The van der Waals surface area contributed by atoms with Crippen LogP contribution in [-0.2, 0) is 0 Å². The van der Waals surface area contributed by atoms with Crippen LogP contribution in [0.15, 0.2) is 59.8 Å². The minimum absolute atomic E-state index is 0.0932. The normalized spacial score (nSPS) is 15.2. The lowest BCUT2D eigenvalue weighted by Gasteiger charge is -2.32. The Balaban J connectivity index is 1.64. The highest BCUT2D eigenvalue weighted by Crippen LogP contribution is 2.18. The van der Waals surface area contributed by atoms with E-state index >= 15 is 0 Å². The average molecular weight is 348 g/mol. The lowest BCUT2D eigenvalue weighted by molar-refractivity contribution is 0.311. The predicted molar refractivity (Wildman–Crippen MR) is 101 cm³/mol. The number of rotatable bonds is 3. The fourth-order valence-corrected chi connectivity index (χ4v) is 3.09. The topological polar surface area (TPSA) is 67.2 Å². The summed E-state index contributed by atoms with van der Waals surface area (Å²) >= 11 is 0. The standard InChI is InChI=1S/C19H20N6O/c1-23-11-13-24(14-12-23)18-19(26)25(10-9-20-18)16-6-4-15(5-7-16)17-3-2-8-21-22-17/h2-10H,11-14H2,1H3. The van der Waals surface area contributed by atoms with Crippen molar-refractivity contribution in [3.05, 3.63) is 65.3 Å². The van der Waals surface area contributed by atoms with Gasteiger partial charge in [0.2, 0.25) is 0 Å². The first kappa shape index (κ1) is 16.4. The third-order valence-electron chi connectivity index (χ3n) is 4.64. The van der Waals surface area contributed by atoms with Gasteiger partial charge >= 0.3 is 0 Å². The summed E-state index contributed by atoms with van der Waals surface area (Å²) < 4.78 is 1.64. The quantitative estimate of drug-likeness (QED) is 0.714. The Hall–Kier alpha value is -3.06. The van der Waals surface area contributed by atoms with Crippen LogP contribution in [0.3, 0.4) is 0 Å². The maximum atomic E-state index is 12.9. The SMILES string of the molecule is CN1CCN(c2nccn(-c3ccc(-c4cccnn4)cc3)c2=O)CC1. The van der Waals surface area contributed by atoms with Crippen molar-refractivity contribution in [3.63, 3.8) is 0 Å². The highest BCUT2D eigenvalue weighted by atomic mass is 16.1. The molecule has 0 atom stereocenters. The summed E-state index contributed by atoms with van der Waals surface area (Å²) in [5.41, 5.74) is 2.48. The summed E-state index contributed by atoms with van der Waals surface area (Å²) in [5.74, 6) is 0.513. The van der Waals surface area contributed by atoms with Crippen molar-refractivity contribution < 1.29 is 0 Å². The molecule has 0 bridgehead atoms. The van der Waals surface area contributed by atoms with Gasteiger partial charge in [-0.3, -0.25) is 9.36 Å². The van der Waals surface area contributed by atoms with Gasteiger partial charge in [0.25, 0.3) is 5.56 Å². The van der Waals surface area contributed by atoms with E-state index in [2.05, 4.69) is 32.0 Å². The molecular formula is C19H20N6O. The highest BCUT2D eigenvalue weighted by molar-refractivity contribution is 5.60. The van der Waals surface area contributed by atoms with E-state index in [9.17, 15) is 4.79 Å². The fourth-order valence-electron chi connectivity index (χ4n) is 3.09. The Morgan fingerprint density at radius 1 is 0.962 bits per heavy atom.